The van der Waals surface area contributed by atoms with Crippen molar-refractivity contribution in [3.63, 3.8) is 0 Å². The predicted molar refractivity (Wildman–Crippen MR) is 180 cm³/mol. The Morgan fingerprint density at radius 1 is 0.833 bits per heavy atom. The van der Waals surface area contributed by atoms with E-state index >= 15 is 0 Å². The van der Waals surface area contributed by atoms with E-state index < -0.39 is 52.1 Å². The largest absolute Gasteiger partial charge is 0.490 e. The lowest BCUT2D eigenvalue weighted by atomic mass is 9.96. The second-order valence-corrected chi connectivity index (χ2v) is 14.1. The summed E-state index contributed by atoms with van der Waals surface area (Å²) in [5.41, 5.74) is -0.243. The molecular weight excluding hydrogens is 650 g/mol. The fourth-order valence-electron chi connectivity index (χ4n) is 5.06. The highest BCUT2D eigenvalue weighted by Gasteiger charge is 2.44. The van der Waals surface area contributed by atoms with Gasteiger partial charge in [-0.2, -0.15) is 13.2 Å². The molecule has 8 nitrogen and oxygen atoms in total. The molecule has 264 valence electrons. The minimum absolute atomic E-state index is 0.122. The van der Waals surface area contributed by atoms with Crippen molar-refractivity contribution in [2.45, 2.75) is 82.3 Å². The van der Waals surface area contributed by atoms with Crippen LogP contribution in [0.2, 0.25) is 0 Å². The van der Waals surface area contributed by atoms with Gasteiger partial charge in [0, 0.05) is 37.0 Å². The Hall–Kier alpha value is -3.84. The van der Waals surface area contributed by atoms with Crippen LogP contribution in [0.5, 0.6) is 11.5 Å². The highest BCUT2D eigenvalue weighted by molar-refractivity contribution is 7.90. The van der Waals surface area contributed by atoms with E-state index in [1.54, 1.807) is 30.3 Å². The van der Waals surface area contributed by atoms with Crippen LogP contribution in [-0.4, -0.2) is 64.3 Å². The number of hydrogen-bond donors (Lipinski definition) is 3. The molecule has 0 aliphatic carbocycles. The fourth-order valence-corrected chi connectivity index (χ4v) is 5.69. The number of ether oxygens (including phenoxy) is 2. The lowest BCUT2D eigenvalue weighted by Gasteiger charge is -2.31. The molecule has 0 heterocycles. The monoisotopic (exact) mass is 695 g/mol. The molecule has 0 spiro atoms. The maximum absolute atomic E-state index is 14.9. The van der Waals surface area contributed by atoms with Crippen molar-refractivity contribution in [3.8, 4) is 22.6 Å². The topological polar surface area (TPSA) is 106 Å². The maximum Gasteiger partial charge on any atom is 0.407 e. The van der Waals surface area contributed by atoms with E-state index in [-0.39, 0.29) is 17.0 Å². The van der Waals surface area contributed by atoms with Crippen LogP contribution >= 0.6 is 0 Å². The Morgan fingerprint density at radius 2 is 1.40 bits per heavy atom. The van der Waals surface area contributed by atoms with E-state index in [4.69, 9.17) is 9.47 Å². The summed E-state index contributed by atoms with van der Waals surface area (Å²) in [5.74, 6) is 0.380. The third-order valence-corrected chi connectivity index (χ3v) is 8.62. The lowest BCUT2D eigenvalue weighted by molar-refractivity contribution is -0.161. The van der Waals surface area contributed by atoms with Gasteiger partial charge in [-0.3, -0.25) is 10.1 Å². The van der Waals surface area contributed by atoms with Gasteiger partial charge in [-0.1, -0.05) is 43.3 Å². The van der Waals surface area contributed by atoms with E-state index in [0.29, 0.717) is 47.9 Å². The SMILES string of the molecule is CCOc1ccc(NC[C@H](CC)NC(=O)[C@H](CC(C)(C)F)N[C@@H](c2ccc(-c3ccc(S(C)(=O)=O)cc3)cc2)C(F)(F)F)cc1OCC. The summed E-state index contributed by atoms with van der Waals surface area (Å²) in [7, 11) is -3.41. The molecule has 13 heteroatoms. The highest BCUT2D eigenvalue weighted by atomic mass is 32.2. The average molecular weight is 696 g/mol. The summed E-state index contributed by atoms with van der Waals surface area (Å²) < 4.78 is 93.1. The molecule has 0 radical (unpaired) electrons. The molecule has 1 amide bonds. The molecule has 3 rings (SSSR count). The number of rotatable bonds is 17. The number of hydrogen-bond acceptors (Lipinski definition) is 7. The molecular formula is C35H45F4N3O5S. The molecule has 3 N–H and O–H groups in total. The number of amides is 1. The normalized spacial score (nSPS) is 14.1. The van der Waals surface area contributed by atoms with Crippen LogP contribution in [0.3, 0.4) is 0 Å². The summed E-state index contributed by atoms with van der Waals surface area (Å²) in [6.45, 7) is 9.11. The molecule has 3 atom stereocenters. The van der Waals surface area contributed by atoms with E-state index in [1.165, 1.54) is 50.2 Å². The van der Waals surface area contributed by atoms with Gasteiger partial charge in [-0.25, -0.2) is 12.8 Å². The van der Waals surface area contributed by atoms with Gasteiger partial charge in [0.05, 0.1) is 24.2 Å². The predicted octanol–water partition coefficient (Wildman–Crippen LogP) is 7.26. The van der Waals surface area contributed by atoms with Gasteiger partial charge >= 0.3 is 6.18 Å². The number of anilines is 1. The zero-order chi connectivity index (χ0) is 35.7. The quantitative estimate of drug-likeness (QED) is 0.128. The van der Waals surface area contributed by atoms with Crippen LogP contribution in [0, 0.1) is 0 Å². The van der Waals surface area contributed by atoms with E-state index in [1.807, 2.05) is 20.8 Å². The van der Waals surface area contributed by atoms with Crippen molar-refractivity contribution in [2.75, 3.05) is 31.3 Å². The summed E-state index contributed by atoms with van der Waals surface area (Å²) in [5, 5.41) is 8.41. The van der Waals surface area contributed by atoms with Gasteiger partial charge in [-0.15, -0.1) is 0 Å². The molecule has 0 aliphatic rings. The van der Waals surface area contributed by atoms with Crippen LogP contribution in [-0.2, 0) is 14.6 Å². The summed E-state index contributed by atoms with van der Waals surface area (Å²) >= 11 is 0. The minimum atomic E-state index is -4.81. The summed E-state index contributed by atoms with van der Waals surface area (Å²) in [6.07, 6.45) is -3.78. The van der Waals surface area contributed by atoms with Crippen LogP contribution in [0.25, 0.3) is 11.1 Å². The third kappa shape index (κ3) is 11.4. The Balaban J connectivity index is 1.79. The van der Waals surface area contributed by atoms with Gasteiger partial charge in [0.15, 0.2) is 21.3 Å². The van der Waals surface area contributed by atoms with E-state index in [9.17, 15) is 30.8 Å². The maximum atomic E-state index is 14.9. The third-order valence-electron chi connectivity index (χ3n) is 7.50. The van der Waals surface area contributed by atoms with Crippen LogP contribution in [0.15, 0.2) is 71.6 Å². The van der Waals surface area contributed by atoms with Gasteiger partial charge in [0.2, 0.25) is 5.91 Å². The molecule has 0 aliphatic heterocycles. The summed E-state index contributed by atoms with van der Waals surface area (Å²) in [6, 6.07) is 12.6. The Kier molecular flexibility index (Phi) is 13.3. The van der Waals surface area contributed by atoms with Crippen molar-refractivity contribution >= 4 is 21.4 Å². The molecule has 3 aromatic carbocycles. The minimum Gasteiger partial charge on any atom is -0.490 e. The lowest BCUT2D eigenvalue weighted by Crippen LogP contribution is -2.53. The Morgan fingerprint density at radius 3 is 1.90 bits per heavy atom. The molecule has 0 bridgehead atoms. The van der Waals surface area contributed by atoms with Gasteiger partial charge in [0.1, 0.15) is 11.7 Å². The van der Waals surface area contributed by atoms with Crippen molar-refractivity contribution in [1.29, 1.82) is 0 Å². The zero-order valence-corrected chi connectivity index (χ0v) is 28.9. The number of halogens is 4. The van der Waals surface area contributed by atoms with Gasteiger partial charge in [-0.05, 0) is 75.1 Å². The molecule has 3 aromatic rings. The molecule has 0 saturated carbocycles. The second kappa shape index (κ2) is 16.5. The van der Waals surface area contributed by atoms with Gasteiger partial charge in [0.25, 0.3) is 0 Å². The molecule has 0 aromatic heterocycles. The summed E-state index contributed by atoms with van der Waals surface area (Å²) in [4.78, 5) is 13.6. The Labute approximate surface area is 280 Å². The van der Waals surface area contributed by atoms with Crippen molar-refractivity contribution in [1.82, 2.24) is 10.6 Å². The number of nitrogens with one attached hydrogen (secondary N) is 3. The van der Waals surface area contributed by atoms with Gasteiger partial charge < -0.3 is 20.1 Å². The molecule has 48 heavy (non-hydrogen) atoms. The Bertz CT molecular complexity index is 1590. The first-order chi connectivity index (χ1) is 22.4. The smallest absolute Gasteiger partial charge is 0.407 e. The first-order valence-electron chi connectivity index (χ1n) is 15.8. The number of carbonyl (C=O) groups excluding carboxylic acids is 1. The second-order valence-electron chi connectivity index (χ2n) is 12.1. The number of benzene rings is 3. The first kappa shape index (κ1) is 38.6. The van der Waals surface area contributed by atoms with Crippen LogP contribution in [0.1, 0.15) is 59.1 Å². The molecule has 0 saturated heterocycles. The zero-order valence-electron chi connectivity index (χ0n) is 28.1. The first-order valence-corrected chi connectivity index (χ1v) is 17.7. The molecule has 0 unspecified atom stereocenters. The molecule has 0 fully saturated rings. The number of carbonyl (C=O) groups is 1. The van der Waals surface area contributed by atoms with Crippen molar-refractivity contribution in [2.24, 2.45) is 0 Å². The van der Waals surface area contributed by atoms with Crippen LogP contribution < -0.4 is 25.4 Å². The number of sulfone groups is 1. The number of alkyl halides is 4. The average Bonchev–Trinajstić information content (AvgIpc) is 3.01. The highest BCUT2D eigenvalue weighted by Crippen LogP contribution is 2.35. The van der Waals surface area contributed by atoms with Crippen LogP contribution in [0.4, 0.5) is 23.2 Å². The van der Waals surface area contributed by atoms with E-state index in [2.05, 4.69) is 16.0 Å². The standard InChI is InChI=1S/C35H45F4N3O5S/c1-7-26(22-40-27-16-19-30(46-8-2)31(20-27)47-9-3)41-33(43)29(21-34(4,5)36)42-32(35(37,38)39)25-12-10-23(11-13-25)24-14-17-28(18-15-24)48(6,44)45/h10-20,26,29,32,40,42H,7-9,21-22H2,1-6H3,(H,41,43)/t26-,29-,32-/m0/s1. The van der Waals surface area contributed by atoms with E-state index in [0.717, 1.165) is 6.26 Å². The fraction of sp³-hybridized carbons (Fsp3) is 0.457. The van der Waals surface area contributed by atoms with Crippen molar-refractivity contribution in [3.05, 3.63) is 72.3 Å². The van der Waals surface area contributed by atoms with Crippen molar-refractivity contribution < 1.29 is 40.2 Å².